The molecule has 26 heavy (non-hydrogen) atoms. The summed E-state index contributed by atoms with van der Waals surface area (Å²) in [7, 11) is 0. The van der Waals surface area contributed by atoms with Crippen LogP contribution in [0.15, 0.2) is 18.2 Å². The quantitative estimate of drug-likeness (QED) is 0.916. The van der Waals surface area contributed by atoms with Crippen molar-refractivity contribution in [1.29, 1.82) is 0 Å². The summed E-state index contributed by atoms with van der Waals surface area (Å²) in [6.07, 6.45) is 2.23. The SMILES string of the molecule is CCc1nc2ccc(C(=O)N3CCCN(C(=O)CC(C)C)CC3)cc2[nH]1. The van der Waals surface area contributed by atoms with E-state index in [0.29, 0.717) is 37.5 Å². The Hall–Kier alpha value is -2.37. The Bertz CT molecular complexity index is 796. The van der Waals surface area contributed by atoms with Gasteiger partial charge in [-0.1, -0.05) is 20.8 Å². The third kappa shape index (κ3) is 4.06. The number of amides is 2. The molecule has 0 unspecified atom stereocenters. The Morgan fingerprint density at radius 2 is 1.88 bits per heavy atom. The number of imidazole rings is 1. The van der Waals surface area contributed by atoms with Crippen LogP contribution in [0, 0.1) is 5.92 Å². The molecule has 6 heteroatoms. The lowest BCUT2D eigenvalue weighted by molar-refractivity contribution is -0.131. The van der Waals surface area contributed by atoms with Crippen LogP contribution >= 0.6 is 0 Å². The summed E-state index contributed by atoms with van der Waals surface area (Å²) in [5, 5.41) is 0. The molecule has 1 fully saturated rings. The van der Waals surface area contributed by atoms with E-state index < -0.39 is 0 Å². The first kappa shape index (κ1) is 18.4. The molecule has 0 spiro atoms. The minimum absolute atomic E-state index is 0.0257. The van der Waals surface area contributed by atoms with Crippen LogP contribution in [0.25, 0.3) is 11.0 Å². The van der Waals surface area contributed by atoms with Gasteiger partial charge in [0.1, 0.15) is 5.82 Å². The number of rotatable bonds is 4. The average Bonchev–Trinajstić information content (AvgIpc) is 2.87. The second-order valence-corrected chi connectivity index (χ2v) is 7.39. The van der Waals surface area contributed by atoms with E-state index in [0.717, 1.165) is 36.2 Å². The lowest BCUT2D eigenvalue weighted by Crippen LogP contribution is -2.37. The van der Waals surface area contributed by atoms with Crippen molar-refractivity contribution < 1.29 is 9.59 Å². The van der Waals surface area contributed by atoms with Crippen LogP contribution in [-0.2, 0) is 11.2 Å². The van der Waals surface area contributed by atoms with Gasteiger partial charge in [0.05, 0.1) is 11.0 Å². The van der Waals surface area contributed by atoms with E-state index in [2.05, 4.69) is 23.8 Å². The number of fused-ring (bicyclic) bond motifs is 1. The van der Waals surface area contributed by atoms with E-state index in [1.807, 2.05) is 34.9 Å². The Balaban J connectivity index is 1.69. The maximum Gasteiger partial charge on any atom is 0.253 e. The minimum atomic E-state index is 0.0257. The number of aromatic amines is 1. The summed E-state index contributed by atoms with van der Waals surface area (Å²) in [6, 6.07) is 5.63. The van der Waals surface area contributed by atoms with Gasteiger partial charge in [0.25, 0.3) is 5.91 Å². The van der Waals surface area contributed by atoms with Crippen molar-refractivity contribution in [2.45, 2.75) is 40.0 Å². The molecule has 2 aromatic rings. The minimum Gasteiger partial charge on any atom is -0.342 e. The maximum absolute atomic E-state index is 12.9. The van der Waals surface area contributed by atoms with Gasteiger partial charge in [0.2, 0.25) is 5.91 Å². The molecule has 1 aromatic heterocycles. The molecule has 0 aliphatic carbocycles. The van der Waals surface area contributed by atoms with Crippen molar-refractivity contribution in [3.8, 4) is 0 Å². The first-order valence-electron chi connectivity index (χ1n) is 9.53. The molecule has 0 atom stereocenters. The van der Waals surface area contributed by atoms with Crippen LogP contribution in [-0.4, -0.2) is 57.8 Å². The van der Waals surface area contributed by atoms with E-state index >= 15 is 0 Å². The predicted octanol–water partition coefficient (Wildman–Crippen LogP) is 2.85. The highest BCUT2D eigenvalue weighted by Crippen LogP contribution is 2.17. The number of carbonyl (C=O) groups is 2. The van der Waals surface area contributed by atoms with E-state index in [1.54, 1.807) is 0 Å². The highest BCUT2D eigenvalue weighted by molar-refractivity contribution is 5.97. The number of nitrogens with zero attached hydrogens (tertiary/aromatic N) is 3. The third-order valence-corrected chi connectivity index (χ3v) is 4.83. The van der Waals surface area contributed by atoms with E-state index in [1.165, 1.54) is 0 Å². The number of H-pyrrole nitrogens is 1. The Labute approximate surface area is 154 Å². The van der Waals surface area contributed by atoms with Crippen molar-refractivity contribution in [1.82, 2.24) is 19.8 Å². The van der Waals surface area contributed by atoms with Crippen LogP contribution in [0.2, 0.25) is 0 Å². The Morgan fingerprint density at radius 3 is 2.62 bits per heavy atom. The zero-order chi connectivity index (χ0) is 18.7. The van der Waals surface area contributed by atoms with Gasteiger partial charge in [-0.15, -0.1) is 0 Å². The van der Waals surface area contributed by atoms with Crippen LogP contribution in [0.1, 0.15) is 49.8 Å². The van der Waals surface area contributed by atoms with Gasteiger partial charge < -0.3 is 14.8 Å². The number of aromatic nitrogens is 2. The van der Waals surface area contributed by atoms with Crippen LogP contribution in [0.5, 0.6) is 0 Å². The lowest BCUT2D eigenvalue weighted by Gasteiger charge is -2.23. The largest absolute Gasteiger partial charge is 0.342 e. The normalized spacial score (nSPS) is 15.5. The first-order valence-corrected chi connectivity index (χ1v) is 9.53. The lowest BCUT2D eigenvalue weighted by atomic mass is 10.1. The monoisotopic (exact) mass is 356 g/mol. The standard InChI is InChI=1S/C20H28N4O2/c1-4-18-21-16-7-6-15(13-17(16)22-18)20(26)24-9-5-8-23(10-11-24)19(25)12-14(2)3/h6-7,13-14H,4-5,8-12H2,1-3H3,(H,21,22). The van der Waals surface area contributed by atoms with Crippen molar-refractivity contribution in [3.63, 3.8) is 0 Å². The molecule has 0 saturated carbocycles. The highest BCUT2D eigenvalue weighted by atomic mass is 16.2. The van der Waals surface area contributed by atoms with Gasteiger partial charge >= 0.3 is 0 Å². The number of hydrogen-bond donors (Lipinski definition) is 1. The predicted molar refractivity (Wildman–Crippen MR) is 102 cm³/mol. The summed E-state index contributed by atoms with van der Waals surface area (Å²) in [4.78, 5) is 36.7. The summed E-state index contributed by atoms with van der Waals surface area (Å²) in [5.74, 6) is 1.51. The summed E-state index contributed by atoms with van der Waals surface area (Å²) < 4.78 is 0. The molecule has 1 aliphatic heterocycles. The second kappa shape index (κ2) is 7.89. The fourth-order valence-electron chi connectivity index (χ4n) is 3.39. The van der Waals surface area contributed by atoms with Gasteiger partial charge in [0.15, 0.2) is 0 Å². The topological polar surface area (TPSA) is 69.3 Å². The van der Waals surface area contributed by atoms with Gasteiger partial charge in [-0.2, -0.15) is 0 Å². The fourth-order valence-corrected chi connectivity index (χ4v) is 3.39. The van der Waals surface area contributed by atoms with E-state index in [-0.39, 0.29) is 11.8 Å². The number of hydrogen-bond acceptors (Lipinski definition) is 3. The Morgan fingerprint density at radius 1 is 1.15 bits per heavy atom. The zero-order valence-corrected chi connectivity index (χ0v) is 15.9. The van der Waals surface area contributed by atoms with Crippen LogP contribution in [0.4, 0.5) is 0 Å². The molecule has 0 bridgehead atoms. The smallest absolute Gasteiger partial charge is 0.253 e. The molecule has 2 heterocycles. The van der Waals surface area contributed by atoms with Gasteiger partial charge in [-0.05, 0) is 30.5 Å². The van der Waals surface area contributed by atoms with Crippen molar-refractivity contribution in [2.24, 2.45) is 5.92 Å². The van der Waals surface area contributed by atoms with E-state index in [9.17, 15) is 9.59 Å². The number of aryl methyl sites for hydroxylation is 1. The van der Waals surface area contributed by atoms with Crippen LogP contribution in [0.3, 0.4) is 0 Å². The van der Waals surface area contributed by atoms with Crippen LogP contribution < -0.4 is 0 Å². The summed E-state index contributed by atoms with van der Waals surface area (Å²) >= 11 is 0. The van der Waals surface area contributed by atoms with Crippen molar-refractivity contribution >= 4 is 22.8 Å². The zero-order valence-electron chi connectivity index (χ0n) is 15.9. The molecular weight excluding hydrogens is 328 g/mol. The van der Waals surface area contributed by atoms with Crippen molar-refractivity contribution in [3.05, 3.63) is 29.6 Å². The molecule has 1 N–H and O–H groups in total. The molecule has 6 nitrogen and oxygen atoms in total. The second-order valence-electron chi connectivity index (χ2n) is 7.39. The summed E-state index contributed by atoms with van der Waals surface area (Å²) in [5.41, 5.74) is 2.46. The molecule has 2 amide bonds. The molecule has 1 aliphatic rings. The average molecular weight is 356 g/mol. The van der Waals surface area contributed by atoms with Gasteiger partial charge in [-0.25, -0.2) is 4.98 Å². The summed E-state index contributed by atoms with van der Waals surface area (Å²) in [6.45, 7) is 8.78. The van der Waals surface area contributed by atoms with E-state index in [4.69, 9.17) is 0 Å². The molecule has 140 valence electrons. The molecule has 3 rings (SSSR count). The molecule has 0 radical (unpaired) electrons. The van der Waals surface area contributed by atoms with Crippen molar-refractivity contribution in [2.75, 3.05) is 26.2 Å². The first-order chi connectivity index (χ1) is 12.5. The number of carbonyl (C=O) groups excluding carboxylic acids is 2. The fraction of sp³-hybridized carbons (Fsp3) is 0.550. The van der Waals surface area contributed by atoms with Gasteiger partial charge in [-0.3, -0.25) is 9.59 Å². The Kier molecular flexibility index (Phi) is 5.59. The molecule has 1 saturated heterocycles. The number of nitrogens with one attached hydrogen (secondary N) is 1. The molecular formula is C20H28N4O2. The van der Waals surface area contributed by atoms with Gasteiger partial charge in [0, 0.05) is 44.6 Å². The maximum atomic E-state index is 12.9. The highest BCUT2D eigenvalue weighted by Gasteiger charge is 2.23. The number of benzene rings is 1. The third-order valence-electron chi connectivity index (χ3n) is 4.83. The molecule has 1 aromatic carbocycles.